The number of hydrogen-bond acceptors (Lipinski definition) is 1. The van der Waals surface area contributed by atoms with Gasteiger partial charge in [0.1, 0.15) is 0 Å². The van der Waals surface area contributed by atoms with Gasteiger partial charge in [0.25, 0.3) is 0 Å². The van der Waals surface area contributed by atoms with E-state index in [0.717, 1.165) is 46.7 Å². The lowest BCUT2D eigenvalue weighted by atomic mass is 9.87. The van der Waals surface area contributed by atoms with E-state index in [0.29, 0.717) is 0 Å². The number of benzene rings is 11. The van der Waals surface area contributed by atoms with Crippen LogP contribution in [-0.4, -0.2) is 4.57 Å². The summed E-state index contributed by atoms with van der Waals surface area (Å²) in [5.74, 6) is 0. The summed E-state index contributed by atoms with van der Waals surface area (Å²) in [6.45, 7) is 0. The van der Waals surface area contributed by atoms with Crippen molar-refractivity contribution in [3.63, 3.8) is 0 Å². The van der Waals surface area contributed by atoms with E-state index in [1.54, 1.807) is 0 Å². The van der Waals surface area contributed by atoms with Crippen LogP contribution in [0.4, 0.5) is 17.1 Å². The molecule has 0 saturated heterocycles. The molecule has 1 aliphatic rings. The van der Waals surface area contributed by atoms with Crippen molar-refractivity contribution in [2.75, 3.05) is 4.90 Å². The van der Waals surface area contributed by atoms with E-state index < -0.39 is 0 Å². The lowest BCUT2D eigenvalue weighted by Gasteiger charge is -2.30. The van der Waals surface area contributed by atoms with Crippen LogP contribution in [0.15, 0.2) is 249 Å². The van der Waals surface area contributed by atoms with Crippen LogP contribution in [0.25, 0.3) is 99.6 Å². The molecule has 12 aromatic rings. The molecule has 13 rings (SSSR count). The topological polar surface area (TPSA) is 8.17 Å². The first-order valence-electron chi connectivity index (χ1n) is 23.7. The number of nitrogens with zero attached hydrogens (tertiary/aromatic N) is 2. The molecule has 0 unspecified atom stereocenters. The van der Waals surface area contributed by atoms with Gasteiger partial charge in [0.15, 0.2) is 0 Å². The van der Waals surface area contributed by atoms with Crippen molar-refractivity contribution in [1.29, 1.82) is 0 Å². The Morgan fingerprint density at radius 3 is 1.88 bits per heavy atom. The number of aromatic nitrogens is 1. The summed E-state index contributed by atoms with van der Waals surface area (Å²) in [5.41, 5.74) is 19.2. The molecule has 1 aliphatic carbocycles. The van der Waals surface area contributed by atoms with Crippen LogP contribution in [0.2, 0.25) is 0 Å². The standard InChI is InChI=1S/C66H46N2/c1-3-19-46(20-4-1)54-29-13-15-35-63(54)67(65-42-41-58(57-31-11-12-32-59(57)65)56-34-18-25-45-23-7-9-28-52(45)56)51-38-40-53(62(44-51)47-21-5-2-6-22-47)49-26-17-27-50(43-49)68-64-36-16-14-33-60(64)61-39-37-48-24-8-10-30-55(48)66(61)68/h1-8,10-27,29-44H,9,28H2. The van der Waals surface area contributed by atoms with Crippen molar-refractivity contribution in [2.24, 2.45) is 0 Å². The van der Waals surface area contributed by atoms with Crippen LogP contribution < -0.4 is 4.90 Å². The second-order valence-corrected chi connectivity index (χ2v) is 17.9. The van der Waals surface area contributed by atoms with Crippen molar-refractivity contribution in [3.05, 3.63) is 260 Å². The van der Waals surface area contributed by atoms with Gasteiger partial charge in [0.2, 0.25) is 0 Å². The van der Waals surface area contributed by atoms with E-state index >= 15 is 0 Å². The summed E-state index contributed by atoms with van der Waals surface area (Å²) < 4.78 is 2.46. The third-order valence-corrected chi connectivity index (χ3v) is 14.1. The molecule has 0 amide bonds. The van der Waals surface area contributed by atoms with E-state index in [2.05, 4.69) is 264 Å². The first kappa shape index (κ1) is 39.6. The molecule has 320 valence electrons. The number of para-hydroxylation sites is 2. The van der Waals surface area contributed by atoms with Gasteiger partial charge in [-0.3, -0.25) is 0 Å². The van der Waals surface area contributed by atoms with Gasteiger partial charge in [-0.05, 0) is 116 Å². The highest BCUT2D eigenvalue weighted by molar-refractivity contribution is 6.18. The smallest absolute Gasteiger partial charge is 0.0619 e. The molecular weight excluding hydrogens is 821 g/mol. The van der Waals surface area contributed by atoms with Crippen LogP contribution in [0.5, 0.6) is 0 Å². The minimum Gasteiger partial charge on any atom is -0.309 e. The predicted molar refractivity (Wildman–Crippen MR) is 290 cm³/mol. The Bertz CT molecular complexity index is 3910. The van der Waals surface area contributed by atoms with E-state index in [1.807, 2.05) is 0 Å². The highest BCUT2D eigenvalue weighted by Crippen LogP contribution is 2.48. The molecule has 11 aromatic carbocycles. The summed E-state index contributed by atoms with van der Waals surface area (Å²) in [6, 6.07) is 89.3. The Morgan fingerprint density at radius 1 is 0.368 bits per heavy atom. The van der Waals surface area contributed by atoms with Crippen molar-refractivity contribution < 1.29 is 0 Å². The second kappa shape index (κ2) is 16.6. The molecule has 0 saturated carbocycles. The molecule has 0 radical (unpaired) electrons. The normalized spacial score (nSPS) is 12.2. The first-order valence-corrected chi connectivity index (χ1v) is 23.7. The SMILES string of the molecule is C1=Cc2cccc(-c3ccc(N(c4ccc(-c5cccc(-n6c7ccccc7c7ccc8ccccc8c76)c5)c(-c5ccccc5)c4)c4ccccc4-c4ccccc4)c4ccccc34)c2CC1. The highest BCUT2D eigenvalue weighted by atomic mass is 15.1. The third kappa shape index (κ3) is 6.64. The summed E-state index contributed by atoms with van der Waals surface area (Å²) >= 11 is 0. The van der Waals surface area contributed by atoms with E-state index in [9.17, 15) is 0 Å². The van der Waals surface area contributed by atoms with Crippen LogP contribution in [0, 0.1) is 0 Å². The van der Waals surface area contributed by atoms with Crippen LogP contribution in [0.3, 0.4) is 0 Å². The fourth-order valence-corrected chi connectivity index (χ4v) is 11.0. The Kier molecular flexibility index (Phi) is 9.68. The van der Waals surface area contributed by atoms with Gasteiger partial charge in [-0.25, -0.2) is 0 Å². The van der Waals surface area contributed by atoms with Gasteiger partial charge in [0, 0.05) is 38.5 Å². The zero-order valence-electron chi connectivity index (χ0n) is 37.6. The van der Waals surface area contributed by atoms with Crippen LogP contribution >= 0.6 is 0 Å². The van der Waals surface area contributed by atoms with E-state index in [1.165, 1.54) is 87.9 Å². The summed E-state index contributed by atoms with van der Waals surface area (Å²) in [4.78, 5) is 2.49. The summed E-state index contributed by atoms with van der Waals surface area (Å²) in [5, 5.41) is 7.44. The van der Waals surface area contributed by atoms with Crippen LogP contribution in [0.1, 0.15) is 17.5 Å². The average molecular weight is 867 g/mol. The average Bonchev–Trinajstić information content (AvgIpc) is 3.76. The maximum absolute atomic E-state index is 2.49. The third-order valence-electron chi connectivity index (χ3n) is 14.1. The van der Waals surface area contributed by atoms with Gasteiger partial charge >= 0.3 is 0 Å². The number of anilines is 3. The Morgan fingerprint density at radius 2 is 1.03 bits per heavy atom. The van der Waals surface area contributed by atoms with Crippen molar-refractivity contribution in [2.45, 2.75) is 12.8 Å². The molecule has 2 nitrogen and oxygen atoms in total. The second-order valence-electron chi connectivity index (χ2n) is 17.9. The molecule has 0 spiro atoms. The summed E-state index contributed by atoms with van der Waals surface area (Å²) in [7, 11) is 0. The number of hydrogen-bond donors (Lipinski definition) is 0. The fraction of sp³-hybridized carbons (Fsp3) is 0.0303. The van der Waals surface area contributed by atoms with Gasteiger partial charge in [0.05, 0.1) is 22.4 Å². The molecule has 1 heterocycles. The van der Waals surface area contributed by atoms with E-state index in [4.69, 9.17) is 0 Å². The highest BCUT2D eigenvalue weighted by Gasteiger charge is 2.24. The van der Waals surface area contributed by atoms with Crippen molar-refractivity contribution >= 4 is 66.5 Å². The molecule has 0 fully saturated rings. The predicted octanol–water partition coefficient (Wildman–Crippen LogP) is 18.2. The van der Waals surface area contributed by atoms with Crippen LogP contribution in [-0.2, 0) is 6.42 Å². The van der Waals surface area contributed by atoms with Gasteiger partial charge < -0.3 is 9.47 Å². The monoisotopic (exact) mass is 866 g/mol. The fourth-order valence-electron chi connectivity index (χ4n) is 11.0. The lowest BCUT2D eigenvalue weighted by Crippen LogP contribution is -2.12. The van der Waals surface area contributed by atoms with Crippen molar-refractivity contribution in [1.82, 2.24) is 4.57 Å². The zero-order chi connectivity index (χ0) is 45.0. The van der Waals surface area contributed by atoms with Gasteiger partial charge in [-0.2, -0.15) is 0 Å². The van der Waals surface area contributed by atoms with E-state index in [-0.39, 0.29) is 0 Å². The lowest BCUT2D eigenvalue weighted by molar-refractivity contribution is 0.988. The summed E-state index contributed by atoms with van der Waals surface area (Å²) in [6.07, 6.45) is 6.69. The largest absolute Gasteiger partial charge is 0.309 e. The molecule has 2 heteroatoms. The first-order chi connectivity index (χ1) is 33.8. The Labute approximate surface area is 397 Å². The van der Waals surface area contributed by atoms with Gasteiger partial charge in [-0.1, -0.05) is 212 Å². The maximum Gasteiger partial charge on any atom is 0.0619 e. The Balaban J connectivity index is 1.03. The minimum atomic E-state index is 1.04. The minimum absolute atomic E-state index is 1.04. The number of rotatable bonds is 8. The molecular formula is C66H46N2. The quantitative estimate of drug-likeness (QED) is 0.148. The Hall–Kier alpha value is -8.72. The maximum atomic E-state index is 2.49. The number of fused-ring (bicyclic) bond motifs is 7. The molecule has 0 atom stereocenters. The van der Waals surface area contributed by atoms with Crippen molar-refractivity contribution in [3.8, 4) is 50.2 Å². The molecule has 0 aliphatic heterocycles. The van der Waals surface area contributed by atoms with Gasteiger partial charge in [-0.15, -0.1) is 0 Å². The molecule has 0 bridgehead atoms. The molecule has 1 aromatic heterocycles. The molecule has 0 N–H and O–H groups in total. The zero-order valence-corrected chi connectivity index (χ0v) is 37.6. The molecule has 68 heavy (non-hydrogen) atoms. The number of allylic oxidation sites excluding steroid dienone is 1.